The van der Waals surface area contributed by atoms with Gasteiger partial charge in [-0.05, 0) is 54.5 Å². The zero-order chi connectivity index (χ0) is 23.9. The van der Waals surface area contributed by atoms with Crippen LogP contribution in [0.3, 0.4) is 0 Å². The van der Waals surface area contributed by atoms with Crippen LogP contribution in [0.4, 0.5) is 5.69 Å². The highest BCUT2D eigenvalue weighted by molar-refractivity contribution is 5.98. The summed E-state index contributed by atoms with van der Waals surface area (Å²) in [5.41, 5.74) is 4.35. The predicted molar refractivity (Wildman–Crippen MR) is 132 cm³/mol. The van der Waals surface area contributed by atoms with E-state index in [1.807, 2.05) is 12.1 Å². The van der Waals surface area contributed by atoms with Gasteiger partial charge in [0.1, 0.15) is 6.04 Å². The fourth-order valence-electron chi connectivity index (χ4n) is 5.60. The molecule has 2 aliphatic rings. The number of carbonyl (C=O) groups excluding carboxylic acids is 2. The number of ether oxygens (including phenoxy) is 1. The molecular formula is C27H35N4O3+. The van der Waals surface area contributed by atoms with Crippen molar-refractivity contribution in [2.45, 2.75) is 88.5 Å². The lowest BCUT2D eigenvalue weighted by atomic mass is 9.77. The molecular weight excluding hydrogens is 428 g/mol. The lowest BCUT2D eigenvalue weighted by Crippen LogP contribution is -2.43. The lowest BCUT2D eigenvalue weighted by Gasteiger charge is -2.25. The van der Waals surface area contributed by atoms with Crippen molar-refractivity contribution in [3.8, 4) is 6.57 Å². The van der Waals surface area contributed by atoms with E-state index < -0.39 is 12.0 Å². The molecule has 0 unspecified atom stereocenters. The minimum absolute atomic E-state index is 0.277. The molecule has 7 heteroatoms. The number of nitrogens with one attached hydrogen (secondary N) is 2. The first-order valence-electron chi connectivity index (χ1n) is 12.6. The van der Waals surface area contributed by atoms with Gasteiger partial charge in [-0.2, -0.15) is 0 Å². The average molecular weight is 464 g/mol. The first-order chi connectivity index (χ1) is 16.6. The molecule has 0 saturated heterocycles. The summed E-state index contributed by atoms with van der Waals surface area (Å²) in [5, 5.41) is 2.90. The number of H-pyrrole nitrogens is 1. The van der Waals surface area contributed by atoms with Crippen LogP contribution in [-0.2, 0) is 16.0 Å². The number of carbonyl (C=O) groups is 2. The number of aromatic amines is 1. The molecule has 2 saturated carbocycles. The number of amides is 1. The Morgan fingerprint density at radius 2 is 1.68 bits per heavy atom. The second-order valence-electron chi connectivity index (χ2n) is 9.63. The maximum absolute atomic E-state index is 13.5. The van der Waals surface area contributed by atoms with Crippen molar-refractivity contribution in [2.24, 2.45) is 0 Å². The molecule has 1 heterocycles. The largest absolute Gasteiger partial charge is 0.467 e. The maximum atomic E-state index is 13.5. The van der Waals surface area contributed by atoms with Gasteiger partial charge in [0.15, 0.2) is 0 Å². The van der Waals surface area contributed by atoms with Gasteiger partial charge in [0.2, 0.25) is 0 Å². The molecule has 0 aliphatic heterocycles. The van der Waals surface area contributed by atoms with Crippen molar-refractivity contribution in [3.63, 3.8) is 0 Å². The van der Waals surface area contributed by atoms with Crippen LogP contribution >= 0.6 is 0 Å². The summed E-state index contributed by atoms with van der Waals surface area (Å²) in [5.74, 6) is -0.0655. The van der Waals surface area contributed by atoms with Crippen molar-refractivity contribution >= 4 is 17.6 Å². The van der Waals surface area contributed by atoms with E-state index in [1.54, 1.807) is 12.5 Å². The van der Waals surface area contributed by atoms with E-state index in [0.717, 1.165) is 48.2 Å². The van der Waals surface area contributed by atoms with Crippen molar-refractivity contribution in [2.75, 3.05) is 7.11 Å². The Balaban J connectivity index is 1.68. The van der Waals surface area contributed by atoms with Crippen LogP contribution in [0.25, 0.3) is 4.85 Å². The van der Waals surface area contributed by atoms with Gasteiger partial charge in [-0.3, -0.25) is 4.79 Å². The number of hydrogen-bond donors (Lipinski definition) is 2. The molecule has 1 aromatic carbocycles. The number of hydrogen-bond acceptors (Lipinski definition) is 4. The molecule has 7 nitrogen and oxygen atoms in total. The van der Waals surface area contributed by atoms with Crippen LogP contribution in [-0.4, -0.2) is 35.0 Å². The molecule has 0 bridgehead atoms. The van der Waals surface area contributed by atoms with Crippen LogP contribution in [0.15, 0.2) is 24.7 Å². The minimum atomic E-state index is -0.812. The molecule has 34 heavy (non-hydrogen) atoms. The second-order valence-corrected chi connectivity index (χ2v) is 9.63. The van der Waals surface area contributed by atoms with E-state index in [9.17, 15) is 9.59 Å². The normalized spacial score (nSPS) is 18.1. The summed E-state index contributed by atoms with van der Waals surface area (Å²) in [6, 6.07) is 3.09. The fraction of sp³-hybridized carbons (Fsp3) is 0.556. The van der Waals surface area contributed by atoms with E-state index in [1.165, 1.54) is 45.6 Å². The number of aromatic nitrogens is 2. The Labute approximate surface area is 201 Å². The SMILES string of the molecule is C#[N+]c1c(C2CCCCC2)cc(C(=O)N[C@H](Cc2cnc[nH]2)C(=O)OC)cc1C1CCCCC1. The van der Waals surface area contributed by atoms with Crippen LogP contribution in [0.5, 0.6) is 0 Å². The lowest BCUT2D eigenvalue weighted by molar-refractivity contribution is -0.142. The molecule has 4 rings (SSSR count). The zero-order valence-corrected chi connectivity index (χ0v) is 20.0. The van der Waals surface area contributed by atoms with Gasteiger partial charge in [0.05, 0.1) is 13.4 Å². The van der Waals surface area contributed by atoms with Crippen molar-refractivity contribution in [1.82, 2.24) is 15.3 Å². The molecule has 1 aromatic heterocycles. The molecule has 2 aliphatic carbocycles. The van der Waals surface area contributed by atoms with Crippen molar-refractivity contribution < 1.29 is 14.3 Å². The van der Waals surface area contributed by atoms with E-state index in [4.69, 9.17) is 11.3 Å². The molecule has 2 aromatic rings. The highest BCUT2D eigenvalue weighted by Crippen LogP contribution is 2.45. The number of imidazole rings is 1. The number of methoxy groups -OCH3 is 1. The highest BCUT2D eigenvalue weighted by atomic mass is 16.5. The number of rotatable bonds is 7. The monoisotopic (exact) mass is 463 g/mol. The third-order valence-corrected chi connectivity index (χ3v) is 7.42. The number of esters is 1. The first-order valence-corrected chi connectivity index (χ1v) is 12.6. The van der Waals surface area contributed by atoms with Gasteiger partial charge in [-0.15, -0.1) is 0 Å². The third-order valence-electron chi connectivity index (χ3n) is 7.42. The van der Waals surface area contributed by atoms with Gasteiger partial charge in [-0.1, -0.05) is 38.5 Å². The molecule has 180 valence electrons. The smallest absolute Gasteiger partial charge is 0.346 e. The number of nitrogens with zero attached hydrogens (tertiary/aromatic N) is 2. The van der Waals surface area contributed by atoms with Gasteiger partial charge >= 0.3 is 11.7 Å². The van der Waals surface area contributed by atoms with Crippen LogP contribution in [0.2, 0.25) is 0 Å². The maximum Gasteiger partial charge on any atom is 0.346 e. The quantitative estimate of drug-likeness (QED) is 0.522. The topological polar surface area (TPSA) is 88.4 Å². The average Bonchev–Trinajstić information content (AvgIpc) is 3.41. The Bertz CT molecular complexity index is 990. The van der Waals surface area contributed by atoms with E-state index >= 15 is 0 Å². The molecule has 2 fully saturated rings. The Morgan fingerprint density at radius 3 is 2.15 bits per heavy atom. The summed E-state index contributed by atoms with van der Waals surface area (Å²) in [6.45, 7) is 5.96. The highest BCUT2D eigenvalue weighted by Gasteiger charge is 2.32. The van der Waals surface area contributed by atoms with Gasteiger partial charge in [0.25, 0.3) is 12.5 Å². The molecule has 1 atom stereocenters. The van der Waals surface area contributed by atoms with E-state index in [2.05, 4.69) is 20.1 Å². The second kappa shape index (κ2) is 11.3. The van der Waals surface area contributed by atoms with Crippen molar-refractivity contribution in [3.05, 3.63) is 51.9 Å². The minimum Gasteiger partial charge on any atom is -0.467 e. The van der Waals surface area contributed by atoms with Crippen molar-refractivity contribution in [1.29, 1.82) is 0 Å². The summed E-state index contributed by atoms with van der Waals surface area (Å²) in [4.78, 5) is 37.1. The molecule has 0 spiro atoms. The van der Waals surface area contributed by atoms with Gasteiger partial charge in [-0.25, -0.2) is 9.78 Å². The Kier molecular flexibility index (Phi) is 7.99. The molecule has 2 N–H and O–H groups in total. The van der Waals surface area contributed by atoms with Gasteiger partial charge in [0, 0.05) is 35.0 Å². The first kappa shape index (κ1) is 24.0. The molecule has 1 amide bonds. The third kappa shape index (κ3) is 5.49. The standard InChI is InChI=1S/C27H34N4O3/c1-28-25-22(18-9-5-3-6-10-18)13-20(14-23(25)19-11-7-4-8-12-19)26(32)31-24(27(33)34-2)15-21-16-29-17-30-21/h1,13-14,16-19,24H,3-12,15H2,2H3,(H-,29,30,31,32)/p+1/t24-/m1/s1. The zero-order valence-electron chi connectivity index (χ0n) is 20.0. The predicted octanol–water partition coefficient (Wildman–Crippen LogP) is 5.61. The van der Waals surface area contributed by atoms with Crippen LogP contribution in [0.1, 0.15) is 103 Å². The summed E-state index contributed by atoms with van der Waals surface area (Å²) in [6.07, 6.45) is 15.0. The van der Waals surface area contributed by atoms with E-state index in [-0.39, 0.29) is 12.3 Å². The number of benzene rings is 1. The van der Waals surface area contributed by atoms with Crippen LogP contribution < -0.4 is 5.32 Å². The fourth-order valence-corrected chi connectivity index (χ4v) is 5.60. The summed E-state index contributed by atoms with van der Waals surface area (Å²) in [7, 11) is 1.33. The Morgan fingerprint density at radius 1 is 1.09 bits per heavy atom. The van der Waals surface area contributed by atoms with E-state index in [0.29, 0.717) is 17.4 Å². The Hall–Kier alpha value is -3.14. The van der Waals surface area contributed by atoms with Crippen LogP contribution in [0, 0.1) is 6.57 Å². The summed E-state index contributed by atoms with van der Waals surface area (Å²) >= 11 is 0. The van der Waals surface area contributed by atoms with Gasteiger partial charge < -0.3 is 15.0 Å². The summed E-state index contributed by atoms with van der Waals surface area (Å²) < 4.78 is 4.95. The molecule has 0 radical (unpaired) electrons.